The van der Waals surface area contributed by atoms with Crippen molar-refractivity contribution in [2.45, 2.75) is 12.7 Å². The number of rotatable bonds is 1. The lowest BCUT2D eigenvalue weighted by Gasteiger charge is -2.04. The van der Waals surface area contributed by atoms with E-state index in [0.717, 1.165) is 0 Å². The van der Waals surface area contributed by atoms with Gasteiger partial charge in [-0.05, 0) is 17.7 Å². The van der Waals surface area contributed by atoms with Crippen LogP contribution in [0.15, 0.2) is 18.2 Å². The maximum Gasteiger partial charge on any atom is 0.586 e. The first kappa shape index (κ1) is 8.75. The molecule has 1 aliphatic heterocycles. The van der Waals surface area contributed by atoms with Crippen molar-refractivity contribution in [3.05, 3.63) is 23.8 Å². The summed E-state index contributed by atoms with van der Waals surface area (Å²) < 4.78 is 33.5. The molecule has 0 amide bonds. The minimum absolute atomic E-state index is 0.00307. The highest BCUT2D eigenvalue weighted by molar-refractivity contribution is 5.45. The second-order valence-electron chi connectivity index (χ2n) is 2.78. The molecular weight excluding hydrogens is 194 g/mol. The molecule has 0 fully saturated rings. The fourth-order valence-corrected chi connectivity index (χ4v) is 1.19. The van der Waals surface area contributed by atoms with Crippen LogP contribution < -0.4 is 9.47 Å². The molecule has 0 radical (unpaired) electrons. The summed E-state index contributed by atoms with van der Waals surface area (Å²) in [6, 6.07) is 6.20. The molecule has 1 aliphatic rings. The molecular formula is C9H5F2NO2. The van der Waals surface area contributed by atoms with Crippen molar-refractivity contribution in [1.29, 1.82) is 5.26 Å². The van der Waals surface area contributed by atoms with Crippen molar-refractivity contribution < 1.29 is 18.3 Å². The molecule has 0 aliphatic carbocycles. The van der Waals surface area contributed by atoms with Crippen LogP contribution in [0, 0.1) is 11.3 Å². The van der Waals surface area contributed by atoms with E-state index in [0.29, 0.717) is 5.56 Å². The minimum Gasteiger partial charge on any atom is -0.395 e. The van der Waals surface area contributed by atoms with Crippen LogP contribution in [-0.4, -0.2) is 6.29 Å². The third-order valence-corrected chi connectivity index (χ3v) is 1.75. The zero-order valence-electron chi connectivity index (χ0n) is 6.96. The van der Waals surface area contributed by atoms with Crippen molar-refractivity contribution in [3.63, 3.8) is 0 Å². The second kappa shape index (κ2) is 2.84. The minimum atomic E-state index is -3.59. The average molecular weight is 199 g/mol. The van der Waals surface area contributed by atoms with Crippen LogP contribution in [0.1, 0.15) is 5.56 Å². The van der Waals surface area contributed by atoms with E-state index < -0.39 is 6.29 Å². The number of halogens is 2. The number of alkyl halides is 2. The van der Waals surface area contributed by atoms with Crippen LogP contribution in [0.4, 0.5) is 8.78 Å². The molecule has 0 spiro atoms. The van der Waals surface area contributed by atoms with E-state index in [1.807, 2.05) is 6.07 Å². The van der Waals surface area contributed by atoms with E-state index in [9.17, 15) is 8.78 Å². The van der Waals surface area contributed by atoms with E-state index >= 15 is 0 Å². The van der Waals surface area contributed by atoms with Gasteiger partial charge in [-0.15, -0.1) is 8.78 Å². The highest BCUT2D eigenvalue weighted by Gasteiger charge is 2.43. The molecule has 0 aromatic heterocycles. The Bertz CT molecular complexity index is 412. The fourth-order valence-electron chi connectivity index (χ4n) is 1.19. The van der Waals surface area contributed by atoms with Crippen molar-refractivity contribution in [1.82, 2.24) is 0 Å². The lowest BCUT2D eigenvalue weighted by atomic mass is 10.2. The van der Waals surface area contributed by atoms with Crippen LogP contribution in [0.25, 0.3) is 0 Å². The first-order chi connectivity index (χ1) is 6.61. The van der Waals surface area contributed by atoms with Crippen molar-refractivity contribution >= 4 is 0 Å². The van der Waals surface area contributed by atoms with Crippen molar-refractivity contribution in [3.8, 4) is 17.6 Å². The highest BCUT2D eigenvalue weighted by Crippen LogP contribution is 2.41. The van der Waals surface area contributed by atoms with Gasteiger partial charge in [-0.3, -0.25) is 0 Å². The van der Waals surface area contributed by atoms with Gasteiger partial charge in [-0.25, -0.2) is 0 Å². The van der Waals surface area contributed by atoms with Crippen molar-refractivity contribution in [2.75, 3.05) is 0 Å². The van der Waals surface area contributed by atoms with Gasteiger partial charge in [0.15, 0.2) is 11.5 Å². The number of hydrogen-bond acceptors (Lipinski definition) is 3. The van der Waals surface area contributed by atoms with E-state index in [1.54, 1.807) is 6.07 Å². The number of nitrogens with zero attached hydrogens (tertiary/aromatic N) is 1. The SMILES string of the molecule is N#[14C]Cc1ccc2c(c1)OC(F)(F)O2. The summed E-state index contributed by atoms with van der Waals surface area (Å²) >= 11 is 0. The van der Waals surface area contributed by atoms with Gasteiger partial charge in [0.25, 0.3) is 0 Å². The maximum atomic E-state index is 12.5. The smallest absolute Gasteiger partial charge is 0.395 e. The highest BCUT2D eigenvalue weighted by atomic mass is 19.3. The van der Waals surface area contributed by atoms with Crippen LogP contribution in [0.2, 0.25) is 0 Å². The molecule has 0 unspecified atom stereocenters. The Morgan fingerprint density at radius 1 is 1.29 bits per heavy atom. The van der Waals surface area contributed by atoms with Crippen LogP contribution in [0.3, 0.4) is 0 Å². The lowest BCUT2D eigenvalue weighted by molar-refractivity contribution is -0.286. The first-order valence-electron chi connectivity index (χ1n) is 3.86. The number of ether oxygens (including phenoxy) is 2. The van der Waals surface area contributed by atoms with Gasteiger partial charge < -0.3 is 9.47 Å². The molecule has 14 heavy (non-hydrogen) atoms. The predicted octanol–water partition coefficient (Wildman–Crippen LogP) is 2.07. The normalized spacial score (nSPS) is 16.4. The first-order valence-corrected chi connectivity index (χ1v) is 3.86. The summed E-state index contributed by atoms with van der Waals surface area (Å²) in [5, 5.41) is 8.40. The van der Waals surface area contributed by atoms with E-state index in [4.69, 9.17) is 5.26 Å². The molecule has 1 heterocycles. The molecule has 2 rings (SSSR count). The summed E-state index contributed by atoms with van der Waals surface area (Å²) in [4.78, 5) is 0. The molecule has 0 atom stereocenters. The third-order valence-electron chi connectivity index (χ3n) is 1.75. The third kappa shape index (κ3) is 1.46. The van der Waals surface area contributed by atoms with Crippen molar-refractivity contribution in [2.24, 2.45) is 0 Å². The van der Waals surface area contributed by atoms with E-state index in [-0.39, 0.29) is 17.9 Å². The van der Waals surface area contributed by atoms with Crippen LogP contribution in [-0.2, 0) is 6.42 Å². The molecule has 0 saturated heterocycles. The summed E-state index contributed by atoms with van der Waals surface area (Å²) in [7, 11) is 0. The molecule has 1 aromatic rings. The Balaban J connectivity index is 2.32. The van der Waals surface area contributed by atoms with E-state index in [2.05, 4.69) is 9.47 Å². The maximum absolute atomic E-state index is 12.5. The van der Waals surface area contributed by atoms with Gasteiger partial charge in [-0.2, -0.15) is 5.26 Å². The fraction of sp³-hybridized carbons (Fsp3) is 0.222. The van der Waals surface area contributed by atoms with E-state index in [1.165, 1.54) is 12.1 Å². The Kier molecular flexibility index (Phi) is 1.78. The summed E-state index contributed by atoms with van der Waals surface area (Å²) in [6.45, 7) is 0. The summed E-state index contributed by atoms with van der Waals surface area (Å²) in [5.74, 6) is -0.0283. The average Bonchev–Trinajstić information content (AvgIpc) is 2.38. The molecule has 0 saturated carbocycles. The molecule has 5 heteroatoms. The molecule has 3 nitrogen and oxygen atoms in total. The molecule has 0 bridgehead atoms. The largest absolute Gasteiger partial charge is 0.586 e. The van der Waals surface area contributed by atoms with Gasteiger partial charge in [0.2, 0.25) is 0 Å². The molecule has 1 aromatic carbocycles. The topological polar surface area (TPSA) is 42.2 Å². The van der Waals surface area contributed by atoms with Gasteiger partial charge >= 0.3 is 6.29 Å². The molecule has 72 valence electrons. The van der Waals surface area contributed by atoms with Gasteiger partial charge in [0, 0.05) is 0 Å². The van der Waals surface area contributed by atoms with Gasteiger partial charge in [0.05, 0.1) is 12.5 Å². The zero-order chi connectivity index (χ0) is 10.2. The van der Waals surface area contributed by atoms with Gasteiger partial charge in [0.1, 0.15) is 0 Å². The number of nitriles is 1. The summed E-state index contributed by atoms with van der Waals surface area (Å²) in [6.07, 6.45) is -3.43. The predicted molar refractivity (Wildman–Crippen MR) is 42.0 cm³/mol. The second-order valence-corrected chi connectivity index (χ2v) is 2.78. The van der Waals surface area contributed by atoms with Crippen LogP contribution in [0.5, 0.6) is 11.5 Å². The molecule has 0 N–H and O–H groups in total. The Hall–Kier alpha value is -1.83. The standard InChI is InChI=1S/C9H5F2NO2/c10-9(11)13-7-2-1-6(3-4-12)5-8(7)14-9/h1-2,5H,3H2/i4+2. The van der Waals surface area contributed by atoms with Gasteiger partial charge in [-0.1, -0.05) is 6.07 Å². The number of benzene rings is 1. The Labute approximate surface area is 78.5 Å². The summed E-state index contributed by atoms with van der Waals surface area (Å²) in [5.41, 5.74) is 0.618. The lowest BCUT2D eigenvalue weighted by Crippen LogP contribution is -2.25. The zero-order valence-corrected chi connectivity index (χ0v) is 6.96. The number of fused-ring (bicyclic) bond motifs is 1. The monoisotopic (exact) mass is 199 g/mol. The van der Waals surface area contributed by atoms with Crippen LogP contribution >= 0.6 is 0 Å². The Morgan fingerprint density at radius 3 is 2.71 bits per heavy atom. The Morgan fingerprint density at radius 2 is 2.00 bits per heavy atom. The number of hydrogen-bond donors (Lipinski definition) is 0. The quantitative estimate of drug-likeness (QED) is 0.695.